The summed E-state index contributed by atoms with van der Waals surface area (Å²) < 4.78 is 26.6. The number of hydrogen-bond acceptors (Lipinski definition) is 4. The first kappa shape index (κ1) is 16.5. The highest BCUT2D eigenvalue weighted by Crippen LogP contribution is 2.27. The van der Waals surface area contributed by atoms with E-state index in [9.17, 15) is 8.42 Å². The van der Waals surface area contributed by atoms with Crippen LogP contribution in [-0.4, -0.2) is 51.4 Å². The Hall–Kier alpha value is -0.820. The summed E-state index contributed by atoms with van der Waals surface area (Å²) in [5.41, 5.74) is 6.07. The Balaban J connectivity index is 2.13. The molecule has 1 fully saturated rings. The van der Waals surface area contributed by atoms with E-state index in [0.29, 0.717) is 18.2 Å². The number of rotatable bonds is 4. The van der Waals surface area contributed by atoms with E-state index in [2.05, 4.69) is 11.9 Å². The molecule has 0 spiro atoms. The monoisotopic (exact) mass is 331 g/mol. The van der Waals surface area contributed by atoms with Crippen LogP contribution < -0.4 is 5.73 Å². The van der Waals surface area contributed by atoms with E-state index in [1.807, 2.05) is 0 Å². The zero-order chi connectivity index (χ0) is 15.6. The Labute approximate surface area is 131 Å². The fourth-order valence-corrected chi connectivity index (χ4v) is 4.34. The van der Waals surface area contributed by atoms with E-state index in [4.69, 9.17) is 17.3 Å². The van der Waals surface area contributed by atoms with Crippen molar-refractivity contribution in [2.24, 2.45) is 5.92 Å². The molecule has 0 aliphatic carbocycles. The predicted molar refractivity (Wildman–Crippen MR) is 85.9 cm³/mol. The molecular weight excluding hydrogens is 310 g/mol. The molecule has 5 nitrogen and oxygen atoms in total. The zero-order valence-electron chi connectivity index (χ0n) is 12.4. The maximum absolute atomic E-state index is 12.6. The van der Waals surface area contributed by atoms with Crippen molar-refractivity contribution < 1.29 is 8.42 Å². The maximum atomic E-state index is 12.6. The molecule has 0 amide bonds. The molecule has 0 atom stereocenters. The number of benzene rings is 1. The van der Waals surface area contributed by atoms with Gasteiger partial charge in [-0.25, -0.2) is 12.7 Å². The third-order valence-electron chi connectivity index (χ3n) is 4.00. The fraction of sp³-hybridized carbons (Fsp3) is 0.571. The van der Waals surface area contributed by atoms with Crippen molar-refractivity contribution in [3.8, 4) is 0 Å². The third kappa shape index (κ3) is 3.88. The number of likely N-dealkylation sites (tertiary alicyclic amines) is 1. The first-order chi connectivity index (χ1) is 9.80. The molecule has 0 radical (unpaired) electrons. The topological polar surface area (TPSA) is 66.6 Å². The molecule has 0 unspecified atom stereocenters. The van der Waals surface area contributed by atoms with Crippen molar-refractivity contribution >= 4 is 27.3 Å². The number of halogens is 1. The van der Waals surface area contributed by atoms with Gasteiger partial charge in [0.2, 0.25) is 10.0 Å². The van der Waals surface area contributed by atoms with Crippen molar-refractivity contribution in [3.05, 3.63) is 23.2 Å². The molecule has 7 heteroatoms. The SMILES string of the molecule is CN1CCC(CN(C)S(=O)(=O)c2cc(N)ccc2Cl)CC1. The standard InChI is InChI=1S/C14H22ClN3O2S/c1-17-7-5-11(6-8-17)10-18(2)21(19,20)14-9-12(16)3-4-13(14)15/h3-4,9,11H,5-8,10,16H2,1-2H3. The summed E-state index contributed by atoms with van der Waals surface area (Å²) in [6.07, 6.45) is 2.03. The van der Waals surface area contributed by atoms with Crippen molar-refractivity contribution in [2.45, 2.75) is 17.7 Å². The highest BCUT2D eigenvalue weighted by atomic mass is 35.5. The molecule has 1 aliphatic heterocycles. The van der Waals surface area contributed by atoms with Crippen molar-refractivity contribution in [1.29, 1.82) is 0 Å². The molecule has 0 saturated carbocycles. The van der Waals surface area contributed by atoms with Gasteiger partial charge >= 0.3 is 0 Å². The minimum atomic E-state index is -3.60. The molecule has 118 valence electrons. The molecule has 1 heterocycles. The van der Waals surface area contributed by atoms with Crippen LogP contribution in [0.4, 0.5) is 5.69 Å². The summed E-state index contributed by atoms with van der Waals surface area (Å²) in [5.74, 6) is 0.390. The Morgan fingerprint density at radius 1 is 1.38 bits per heavy atom. The maximum Gasteiger partial charge on any atom is 0.244 e. The van der Waals surface area contributed by atoms with Crippen LogP contribution in [0, 0.1) is 5.92 Å². The van der Waals surface area contributed by atoms with E-state index in [1.165, 1.54) is 16.4 Å². The van der Waals surface area contributed by atoms with Crippen LogP contribution in [-0.2, 0) is 10.0 Å². The average molecular weight is 332 g/mol. The predicted octanol–water partition coefficient (Wildman–Crippen LogP) is 1.88. The second kappa shape index (κ2) is 6.52. The molecule has 0 bridgehead atoms. The van der Waals surface area contributed by atoms with Gasteiger partial charge in [0.05, 0.1) is 5.02 Å². The normalized spacial score (nSPS) is 18.3. The van der Waals surface area contributed by atoms with Crippen molar-refractivity contribution in [3.63, 3.8) is 0 Å². The van der Waals surface area contributed by atoms with Gasteiger partial charge in [-0.3, -0.25) is 0 Å². The molecule has 1 aromatic carbocycles. The number of nitrogens with two attached hydrogens (primary N) is 1. The second-order valence-electron chi connectivity index (χ2n) is 5.72. The highest BCUT2D eigenvalue weighted by molar-refractivity contribution is 7.89. The first-order valence-corrected chi connectivity index (χ1v) is 8.82. The Morgan fingerprint density at radius 3 is 2.62 bits per heavy atom. The smallest absolute Gasteiger partial charge is 0.244 e. The Kier molecular flexibility index (Phi) is 5.14. The largest absolute Gasteiger partial charge is 0.399 e. The summed E-state index contributed by atoms with van der Waals surface area (Å²) in [5, 5.41) is 0.208. The fourth-order valence-electron chi connectivity index (χ4n) is 2.59. The van der Waals surface area contributed by atoms with Gasteiger partial charge in [0.25, 0.3) is 0 Å². The summed E-state index contributed by atoms with van der Waals surface area (Å²) >= 11 is 6.02. The van der Waals surface area contributed by atoms with Crippen LogP contribution in [0.3, 0.4) is 0 Å². The Morgan fingerprint density at radius 2 is 2.00 bits per heavy atom. The van der Waals surface area contributed by atoms with Crippen LogP contribution >= 0.6 is 11.6 Å². The second-order valence-corrected chi connectivity index (χ2v) is 8.14. The van der Waals surface area contributed by atoms with Gasteiger partial charge in [-0.2, -0.15) is 0 Å². The van der Waals surface area contributed by atoms with Crippen LogP contribution in [0.15, 0.2) is 23.1 Å². The highest BCUT2D eigenvalue weighted by Gasteiger charge is 2.27. The summed E-state index contributed by atoms with van der Waals surface area (Å²) in [4.78, 5) is 2.35. The van der Waals surface area contributed by atoms with Gasteiger partial charge in [-0.1, -0.05) is 11.6 Å². The van der Waals surface area contributed by atoms with Gasteiger partial charge < -0.3 is 10.6 Å². The minimum absolute atomic E-state index is 0.0830. The van der Waals surface area contributed by atoms with Gasteiger partial charge in [0.15, 0.2) is 0 Å². The van der Waals surface area contributed by atoms with Crippen molar-refractivity contribution in [1.82, 2.24) is 9.21 Å². The van der Waals surface area contributed by atoms with Crippen molar-refractivity contribution in [2.75, 3.05) is 39.5 Å². The van der Waals surface area contributed by atoms with E-state index in [1.54, 1.807) is 13.1 Å². The average Bonchev–Trinajstić information content (AvgIpc) is 2.43. The number of hydrogen-bond donors (Lipinski definition) is 1. The third-order valence-corrected chi connectivity index (χ3v) is 6.30. The summed E-state index contributed by atoms with van der Waals surface area (Å²) in [7, 11) is 0.0936. The quantitative estimate of drug-likeness (QED) is 0.855. The van der Waals surface area contributed by atoms with Gasteiger partial charge in [-0.05, 0) is 57.1 Å². The number of anilines is 1. The molecule has 1 aliphatic rings. The lowest BCUT2D eigenvalue weighted by Gasteiger charge is -2.31. The van der Waals surface area contributed by atoms with E-state index >= 15 is 0 Å². The number of piperidine rings is 1. The van der Waals surface area contributed by atoms with Gasteiger partial charge in [0, 0.05) is 19.3 Å². The van der Waals surface area contributed by atoms with E-state index < -0.39 is 10.0 Å². The minimum Gasteiger partial charge on any atom is -0.399 e. The summed E-state index contributed by atoms with van der Waals surface area (Å²) in [6, 6.07) is 4.54. The van der Waals surface area contributed by atoms with E-state index in [-0.39, 0.29) is 9.92 Å². The van der Waals surface area contributed by atoms with E-state index in [0.717, 1.165) is 25.9 Å². The molecule has 1 saturated heterocycles. The van der Waals surface area contributed by atoms with Gasteiger partial charge in [-0.15, -0.1) is 0 Å². The molecule has 1 aromatic rings. The lowest BCUT2D eigenvalue weighted by Crippen LogP contribution is -2.38. The van der Waals surface area contributed by atoms with Crippen LogP contribution in [0.25, 0.3) is 0 Å². The van der Waals surface area contributed by atoms with Crippen LogP contribution in [0.5, 0.6) is 0 Å². The van der Waals surface area contributed by atoms with Crippen LogP contribution in [0.1, 0.15) is 12.8 Å². The molecule has 2 rings (SSSR count). The molecule has 0 aromatic heterocycles. The van der Waals surface area contributed by atoms with Crippen LogP contribution in [0.2, 0.25) is 5.02 Å². The molecular formula is C14H22ClN3O2S. The lowest BCUT2D eigenvalue weighted by molar-refractivity contribution is 0.202. The molecule has 21 heavy (non-hydrogen) atoms. The zero-order valence-corrected chi connectivity index (χ0v) is 14.0. The lowest BCUT2D eigenvalue weighted by atomic mass is 9.97. The van der Waals surface area contributed by atoms with Gasteiger partial charge in [0.1, 0.15) is 4.90 Å². The number of sulfonamides is 1. The summed E-state index contributed by atoms with van der Waals surface area (Å²) in [6.45, 7) is 2.54. The Bertz CT molecular complexity index is 598. The number of nitrogen functional groups attached to an aromatic ring is 1. The first-order valence-electron chi connectivity index (χ1n) is 7.00. The molecule has 2 N–H and O–H groups in total. The number of nitrogens with zero attached hydrogens (tertiary/aromatic N) is 2.